The lowest BCUT2D eigenvalue weighted by Crippen LogP contribution is -2.00. The summed E-state index contributed by atoms with van der Waals surface area (Å²) in [5, 5.41) is 0. The van der Waals surface area contributed by atoms with E-state index in [0.29, 0.717) is 17.8 Å². The molecule has 35 heavy (non-hydrogen) atoms. The van der Waals surface area contributed by atoms with E-state index in [1.807, 2.05) is 13.1 Å². The highest BCUT2D eigenvalue weighted by molar-refractivity contribution is 5.30. The fourth-order valence-corrected chi connectivity index (χ4v) is 4.01. The van der Waals surface area contributed by atoms with Crippen molar-refractivity contribution in [2.24, 2.45) is 0 Å². The lowest BCUT2D eigenvalue weighted by molar-refractivity contribution is 0.801. The van der Waals surface area contributed by atoms with Gasteiger partial charge in [-0.25, -0.2) is 0 Å². The number of hydrogen-bond acceptors (Lipinski definition) is 3. The molecule has 0 aliphatic heterocycles. The number of rotatable bonds is 3. The SMILES string of the molecule is C.Cc1cc(C)c(C(C)C)nc1C.Cc1ccc(C)c(C(C)C)n1.Cc1cnc(C(C)C)c(C)c1. The van der Waals surface area contributed by atoms with Crippen molar-refractivity contribution >= 4 is 0 Å². The van der Waals surface area contributed by atoms with E-state index in [9.17, 15) is 0 Å². The number of pyridine rings is 3. The monoisotopic (exact) mass is 477 g/mol. The quantitative estimate of drug-likeness (QED) is 0.377. The molecule has 0 unspecified atom stereocenters. The van der Waals surface area contributed by atoms with Crippen molar-refractivity contribution in [3.63, 3.8) is 0 Å². The summed E-state index contributed by atoms with van der Waals surface area (Å²) in [5.74, 6) is 1.61. The molecule has 0 radical (unpaired) electrons. The van der Waals surface area contributed by atoms with Gasteiger partial charge in [0.25, 0.3) is 0 Å². The zero-order valence-electron chi connectivity index (χ0n) is 24.0. The largest absolute Gasteiger partial charge is 0.260 e. The van der Waals surface area contributed by atoms with Crippen molar-refractivity contribution in [1.82, 2.24) is 15.0 Å². The fourth-order valence-electron chi connectivity index (χ4n) is 4.01. The third kappa shape index (κ3) is 10.3. The van der Waals surface area contributed by atoms with Gasteiger partial charge in [-0.3, -0.25) is 15.0 Å². The molecule has 0 saturated carbocycles. The van der Waals surface area contributed by atoms with Gasteiger partial charge in [0.1, 0.15) is 0 Å². The summed E-state index contributed by atoms with van der Waals surface area (Å²) in [4.78, 5) is 13.4. The van der Waals surface area contributed by atoms with Gasteiger partial charge in [-0.15, -0.1) is 0 Å². The first-order chi connectivity index (χ1) is 15.7. The predicted molar refractivity (Wildman–Crippen MR) is 155 cm³/mol. The molecule has 3 nitrogen and oxygen atoms in total. The summed E-state index contributed by atoms with van der Waals surface area (Å²) in [6.45, 7) is 27.7. The Kier molecular flexibility index (Phi) is 13.7. The van der Waals surface area contributed by atoms with E-state index < -0.39 is 0 Å². The van der Waals surface area contributed by atoms with Crippen LogP contribution >= 0.6 is 0 Å². The Morgan fingerprint density at radius 1 is 0.543 bits per heavy atom. The van der Waals surface area contributed by atoms with E-state index in [1.165, 1.54) is 44.9 Å². The summed E-state index contributed by atoms with van der Waals surface area (Å²) >= 11 is 0. The third-order valence-electron chi connectivity index (χ3n) is 5.87. The highest BCUT2D eigenvalue weighted by atomic mass is 14.7. The number of aryl methyl sites for hydroxylation is 7. The molecule has 3 aromatic rings. The van der Waals surface area contributed by atoms with Crippen molar-refractivity contribution in [3.05, 3.63) is 86.7 Å². The highest BCUT2D eigenvalue weighted by Crippen LogP contribution is 2.19. The average Bonchev–Trinajstić information content (AvgIpc) is 2.72. The molecule has 0 aromatic carbocycles. The van der Waals surface area contributed by atoms with Gasteiger partial charge in [-0.05, 0) is 100 Å². The van der Waals surface area contributed by atoms with Crippen molar-refractivity contribution in [2.75, 3.05) is 0 Å². The Labute approximate surface area is 216 Å². The molecule has 3 rings (SSSR count). The molecular formula is C32H51N3. The van der Waals surface area contributed by atoms with Crippen molar-refractivity contribution in [3.8, 4) is 0 Å². The minimum Gasteiger partial charge on any atom is -0.260 e. The number of nitrogens with zero attached hydrogens (tertiary/aromatic N) is 3. The normalized spacial score (nSPS) is 10.4. The number of aromatic nitrogens is 3. The van der Waals surface area contributed by atoms with Gasteiger partial charge in [0.05, 0.1) is 0 Å². The molecule has 3 aromatic heterocycles. The lowest BCUT2D eigenvalue weighted by atomic mass is 10.0. The van der Waals surface area contributed by atoms with Crippen LogP contribution in [0, 0.1) is 48.5 Å². The summed E-state index contributed by atoms with van der Waals surface area (Å²) in [6.07, 6.45) is 1.93. The van der Waals surface area contributed by atoms with Crippen LogP contribution in [0.25, 0.3) is 0 Å². The standard InChI is InChI=1S/C11H17N.2C10H15N.CH4/c1-7(2)11-9(4)6-8(3)10(5)12-11;1-7(2)10-9(4)5-8(3)6-11-10;1-7(2)10-8(3)5-6-9(4)11-10;/h6-7H,1-5H3;2*5-7H,1-4H3;1H4. The van der Waals surface area contributed by atoms with Crippen molar-refractivity contribution < 1.29 is 0 Å². The molecule has 0 bridgehead atoms. The van der Waals surface area contributed by atoms with Crippen LogP contribution in [0.15, 0.2) is 30.5 Å². The van der Waals surface area contributed by atoms with E-state index in [0.717, 1.165) is 11.4 Å². The van der Waals surface area contributed by atoms with Crippen LogP contribution in [0.4, 0.5) is 0 Å². The van der Waals surface area contributed by atoms with Crippen LogP contribution in [-0.4, -0.2) is 15.0 Å². The maximum absolute atomic E-state index is 4.57. The second-order valence-electron chi connectivity index (χ2n) is 10.4. The Balaban J connectivity index is 0.000000489. The Bertz CT molecular complexity index is 1060. The predicted octanol–water partition coefficient (Wildman–Crippen LogP) is 9.41. The molecule has 0 saturated heterocycles. The van der Waals surface area contributed by atoms with Gasteiger partial charge in [-0.1, -0.05) is 67.2 Å². The first-order valence-electron chi connectivity index (χ1n) is 12.6. The third-order valence-corrected chi connectivity index (χ3v) is 5.87. The Morgan fingerprint density at radius 3 is 1.49 bits per heavy atom. The van der Waals surface area contributed by atoms with Crippen LogP contribution in [0.5, 0.6) is 0 Å². The summed E-state index contributed by atoms with van der Waals surface area (Å²) < 4.78 is 0. The van der Waals surface area contributed by atoms with E-state index >= 15 is 0 Å². The minimum atomic E-state index is 0. The van der Waals surface area contributed by atoms with Crippen molar-refractivity contribution in [2.45, 2.75) is 115 Å². The van der Waals surface area contributed by atoms with Gasteiger partial charge in [0.15, 0.2) is 0 Å². The lowest BCUT2D eigenvalue weighted by Gasteiger charge is -2.10. The molecule has 0 atom stereocenters. The molecule has 0 amide bonds. The first-order valence-corrected chi connectivity index (χ1v) is 12.6. The first kappa shape index (κ1) is 32.5. The van der Waals surface area contributed by atoms with Gasteiger partial charge in [0.2, 0.25) is 0 Å². The molecule has 3 heterocycles. The van der Waals surface area contributed by atoms with Crippen molar-refractivity contribution in [1.29, 1.82) is 0 Å². The Hall–Kier alpha value is -2.55. The van der Waals surface area contributed by atoms with Gasteiger partial charge in [0, 0.05) is 34.7 Å². The molecule has 0 aliphatic rings. The summed E-state index contributed by atoms with van der Waals surface area (Å²) in [5.41, 5.74) is 12.4. The second kappa shape index (κ2) is 14.8. The van der Waals surface area contributed by atoms with Gasteiger partial charge < -0.3 is 0 Å². The van der Waals surface area contributed by atoms with Gasteiger partial charge in [-0.2, -0.15) is 0 Å². The van der Waals surface area contributed by atoms with Crippen LogP contribution in [-0.2, 0) is 0 Å². The maximum atomic E-state index is 4.57. The fraction of sp³-hybridized carbons (Fsp3) is 0.531. The van der Waals surface area contributed by atoms with Crippen LogP contribution < -0.4 is 0 Å². The zero-order chi connectivity index (χ0) is 26.2. The summed E-state index contributed by atoms with van der Waals surface area (Å²) in [7, 11) is 0. The molecule has 0 aliphatic carbocycles. The topological polar surface area (TPSA) is 38.7 Å². The maximum Gasteiger partial charge on any atom is 0.0461 e. The van der Waals surface area contributed by atoms with Crippen LogP contribution in [0.3, 0.4) is 0 Å². The zero-order valence-corrected chi connectivity index (χ0v) is 24.0. The molecule has 0 N–H and O–H groups in total. The summed E-state index contributed by atoms with van der Waals surface area (Å²) in [6, 6.07) is 8.60. The number of hydrogen-bond donors (Lipinski definition) is 0. The van der Waals surface area contributed by atoms with Crippen LogP contribution in [0.2, 0.25) is 0 Å². The smallest absolute Gasteiger partial charge is 0.0461 e. The van der Waals surface area contributed by atoms with E-state index in [1.54, 1.807) is 0 Å². The van der Waals surface area contributed by atoms with E-state index in [2.05, 4.69) is 122 Å². The highest BCUT2D eigenvalue weighted by Gasteiger charge is 2.07. The van der Waals surface area contributed by atoms with Gasteiger partial charge >= 0.3 is 0 Å². The van der Waals surface area contributed by atoms with Crippen LogP contribution in [0.1, 0.15) is 123 Å². The average molecular weight is 478 g/mol. The second-order valence-corrected chi connectivity index (χ2v) is 10.4. The molecule has 0 fully saturated rings. The van der Waals surface area contributed by atoms with E-state index in [4.69, 9.17) is 0 Å². The molecule has 194 valence electrons. The molecule has 3 heteroatoms. The van der Waals surface area contributed by atoms with E-state index in [-0.39, 0.29) is 7.43 Å². The molecular weight excluding hydrogens is 426 g/mol. The Morgan fingerprint density at radius 2 is 1.03 bits per heavy atom. The minimum absolute atomic E-state index is 0. The molecule has 0 spiro atoms.